The molecule has 26 heavy (non-hydrogen) atoms. The van der Waals surface area contributed by atoms with Gasteiger partial charge in [-0.05, 0) is 36.8 Å². The van der Waals surface area contributed by atoms with Crippen molar-refractivity contribution in [2.75, 3.05) is 17.3 Å². The first kappa shape index (κ1) is 17.5. The summed E-state index contributed by atoms with van der Waals surface area (Å²) in [6.07, 6.45) is -0.0202. The summed E-state index contributed by atoms with van der Waals surface area (Å²) >= 11 is 0. The molecule has 1 heterocycles. The van der Waals surface area contributed by atoms with Crippen molar-refractivity contribution >= 4 is 29.2 Å². The van der Waals surface area contributed by atoms with Gasteiger partial charge in [-0.1, -0.05) is 18.2 Å². The number of hydrogen-bond acceptors (Lipinski definition) is 5. The van der Waals surface area contributed by atoms with Gasteiger partial charge < -0.3 is 15.2 Å². The van der Waals surface area contributed by atoms with Crippen LogP contribution in [0.15, 0.2) is 42.5 Å². The zero-order valence-electron chi connectivity index (χ0n) is 14.4. The highest BCUT2D eigenvalue weighted by Crippen LogP contribution is 2.33. The van der Waals surface area contributed by atoms with Crippen LogP contribution in [0.3, 0.4) is 0 Å². The number of carboxylic acid groups (broad SMARTS) is 1. The molecule has 2 amide bonds. The van der Waals surface area contributed by atoms with Gasteiger partial charge in [0.25, 0.3) is 5.91 Å². The van der Waals surface area contributed by atoms with Gasteiger partial charge in [0, 0.05) is 5.69 Å². The molecule has 0 saturated carbocycles. The number of nitrogens with zero attached hydrogens (tertiary/aromatic N) is 1. The summed E-state index contributed by atoms with van der Waals surface area (Å²) in [7, 11) is 1.47. The van der Waals surface area contributed by atoms with E-state index in [4.69, 9.17) is 9.84 Å². The molecule has 1 unspecified atom stereocenters. The first-order valence-electron chi connectivity index (χ1n) is 8.02. The third-order valence-corrected chi connectivity index (χ3v) is 4.29. The number of carboxylic acids is 1. The highest BCUT2D eigenvalue weighted by molar-refractivity contribution is 6.23. The van der Waals surface area contributed by atoms with Crippen LogP contribution in [-0.4, -0.2) is 36.0 Å². The van der Waals surface area contributed by atoms with Crippen molar-refractivity contribution in [3.05, 3.63) is 53.6 Å². The number of hydrogen-bond donors (Lipinski definition) is 2. The molecule has 1 aliphatic heterocycles. The quantitative estimate of drug-likeness (QED) is 0.801. The number of methoxy groups -OCH3 is 1. The van der Waals surface area contributed by atoms with Crippen LogP contribution >= 0.6 is 0 Å². The Morgan fingerprint density at radius 2 is 1.96 bits per heavy atom. The second kappa shape index (κ2) is 6.87. The number of nitrogens with one attached hydrogen (secondary N) is 1. The predicted octanol–water partition coefficient (Wildman–Crippen LogP) is 2.45. The van der Waals surface area contributed by atoms with Crippen molar-refractivity contribution in [3.63, 3.8) is 0 Å². The fourth-order valence-corrected chi connectivity index (χ4v) is 2.91. The number of para-hydroxylation sites is 2. The topological polar surface area (TPSA) is 95.9 Å². The average Bonchev–Trinajstić information content (AvgIpc) is 2.90. The van der Waals surface area contributed by atoms with Crippen molar-refractivity contribution in [2.24, 2.45) is 0 Å². The van der Waals surface area contributed by atoms with Crippen LogP contribution < -0.4 is 15.0 Å². The molecule has 0 aliphatic carbocycles. The van der Waals surface area contributed by atoms with E-state index in [1.54, 1.807) is 37.3 Å². The van der Waals surface area contributed by atoms with Gasteiger partial charge in [0.2, 0.25) is 5.91 Å². The van der Waals surface area contributed by atoms with Gasteiger partial charge in [0.05, 0.1) is 24.8 Å². The van der Waals surface area contributed by atoms with Crippen LogP contribution in [0.25, 0.3) is 0 Å². The van der Waals surface area contributed by atoms with Crippen molar-refractivity contribution in [2.45, 2.75) is 19.4 Å². The number of aryl methyl sites for hydroxylation is 1. The minimum atomic E-state index is -1.06. The number of rotatable bonds is 5. The van der Waals surface area contributed by atoms with E-state index in [0.29, 0.717) is 17.1 Å². The van der Waals surface area contributed by atoms with Gasteiger partial charge in [-0.15, -0.1) is 0 Å². The highest BCUT2D eigenvalue weighted by atomic mass is 16.5. The molecule has 0 spiro atoms. The monoisotopic (exact) mass is 354 g/mol. The summed E-state index contributed by atoms with van der Waals surface area (Å²) in [5, 5.41) is 12.1. The van der Waals surface area contributed by atoms with E-state index < -0.39 is 17.9 Å². The van der Waals surface area contributed by atoms with E-state index in [0.717, 1.165) is 10.5 Å². The van der Waals surface area contributed by atoms with Gasteiger partial charge in [-0.2, -0.15) is 0 Å². The molecular formula is C19H18N2O5. The summed E-state index contributed by atoms with van der Waals surface area (Å²) in [6, 6.07) is 10.6. The van der Waals surface area contributed by atoms with Gasteiger partial charge in [0.1, 0.15) is 11.8 Å². The summed E-state index contributed by atoms with van der Waals surface area (Å²) in [6.45, 7) is 1.80. The Labute approximate surface area is 150 Å². The Balaban J connectivity index is 1.88. The number of ether oxygens (including phenoxy) is 1. The van der Waals surface area contributed by atoms with E-state index in [-0.39, 0.29) is 17.9 Å². The van der Waals surface area contributed by atoms with Crippen LogP contribution in [-0.2, 0) is 9.59 Å². The van der Waals surface area contributed by atoms with Crippen molar-refractivity contribution in [1.82, 2.24) is 0 Å². The van der Waals surface area contributed by atoms with Crippen LogP contribution in [0, 0.1) is 6.92 Å². The van der Waals surface area contributed by atoms with Crippen LogP contribution in [0.4, 0.5) is 11.4 Å². The minimum absolute atomic E-state index is 0.0202. The Morgan fingerprint density at radius 1 is 1.23 bits per heavy atom. The lowest BCUT2D eigenvalue weighted by atomic mass is 10.1. The molecule has 2 N–H and O–H groups in total. The lowest BCUT2D eigenvalue weighted by Gasteiger charge is -2.19. The molecule has 2 aromatic carbocycles. The number of carbonyl (C=O) groups excluding carboxylic acids is 2. The molecule has 0 aromatic heterocycles. The molecule has 134 valence electrons. The zero-order valence-corrected chi connectivity index (χ0v) is 14.4. The standard InChI is InChI=1S/C19H18N2O5/c1-11-7-8-12(19(24)25)9-13(11)20-14-10-17(22)21(18(14)23)15-5-3-4-6-16(15)26-2/h3-9,14,20H,10H2,1-2H3,(H,24,25). The summed E-state index contributed by atoms with van der Waals surface area (Å²) in [5.74, 6) is -1.37. The summed E-state index contributed by atoms with van der Waals surface area (Å²) < 4.78 is 5.24. The molecule has 1 aliphatic rings. The smallest absolute Gasteiger partial charge is 0.335 e. The maximum atomic E-state index is 12.8. The Kier molecular flexibility index (Phi) is 4.62. The van der Waals surface area contributed by atoms with Crippen molar-refractivity contribution < 1.29 is 24.2 Å². The summed E-state index contributed by atoms with van der Waals surface area (Å²) in [4.78, 5) is 37.5. The highest BCUT2D eigenvalue weighted by Gasteiger charge is 2.40. The second-order valence-corrected chi connectivity index (χ2v) is 5.98. The maximum Gasteiger partial charge on any atom is 0.335 e. The lowest BCUT2D eigenvalue weighted by Crippen LogP contribution is -2.35. The molecule has 0 radical (unpaired) electrons. The first-order valence-corrected chi connectivity index (χ1v) is 8.02. The van der Waals surface area contributed by atoms with Gasteiger partial charge in [-0.3, -0.25) is 9.59 Å². The molecule has 1 saturated heterocycles. The number of imide groups is 1. The van der Waals surface area contributed by atoms with E-state index in [1.807, 2.05) is 0 Å². The molecule has 7 nitrogen and oxygen atoms in total. The van der Waals surface area contributed by atoms with Crippen LogP contribution in [0.5, 0.6) is 5.75 Å². The fourth-order valence-electron chi connectivity index (χ4n) is 2.91. The van der Waals surface area contributed by atoms with E-state index in [9.17, 15) is 14.4 Å². The van der Waals surface area contributed by atoms with E-state index >= 15 is 0 Å². The van der Waals surface area contributed by atoms with Crippen LogP contribution in [0.1, 0.15) is 22.3 Å². The lowest BCUT2D eigenvalue weighted by molar-refractivity contribution is -0.121. The largest absolute Gasteiger partial charge is 0.495 e. The zero-order chi connectivity index (χ0) is 18.8. The Morgan fingerprint density at radius 3 is 2.65 bits per heavy atom. The molecule has 2 aromatic rings. The van der Waals surface area contributed by atoms with Gasteiger partial charge in [0.15, 0.2) is 0 Å². The SMILES string of the molecule is COc1ccccc1N1C(=O)CC(Nc2cc(C(=O)O)ccc2C)C1=O. The molecule has 0 bridgehead atoms. The third-order valence-electron chi connectivity index (χ3n) is 4.29. The molecule has 1 atom stereocenters. The number of amides is 2. The Hall–Kier alpha value is -3.35. The first-order chi connectivity index (χ1) is 12.4. The van der Waals surface area contributed by atoms with E-state index in [1.165, 1.54) is 19.2 Å². The Bertz CT molecular complexity index is 893. The number of benzene rings is 2. The van der Waals surface area contributed by atoms with Gasteiger partial charge in [-0.25, -0.2) is 9.69 Å². The number of aromatic carboxylic acids is 1. The van der Waals surface area contributed by atoms with E-state index in [2.05, 4.69) is 5.32 Å². The van der Waals surface area contributed by atoms with Gasteiger partial charge >= 0.3 is 5.97 Å². The molecular weight excluding hydrogens is 336 g/mol. The fraction of sp³-hybridized carbons (Fsp3) is 0.211. The molecule has 7 heteroatoms. The maximum absolute atomic E-state index is 12.8. The van der Waals surface area contributed by atoms with Crippen LogP contribution in [0.2, 0.25) is 0 Å². The second-order valence-electron chi connectivity index (χ2n) is 5.98. The van der Waals surface area contributed by atoms with Crippen molar-refractivity contribution in [1.29, 1.82) is 0 Å². The number of anilines is 2. The average molecular weight is 354 g/mol. The number of carbonyl (C=O) groups is 3. The van der Waals surface area contributed by atoms with Crippen molar-refractivity contribution in [3.8, 4) is 5.75 Å². The third kappa shape index (κ3) is 3.11. The minimum Gasteiger partial charge on any atom is -0.495 e. The summed E-state index contributed by atoms with van der Waals surface area (Å²) in [5.41, 5.74) is 1.80. The molecule has 1 fully saturated rings. The normalized spacial score (nSPS) is 16.7. The predicted molar refractivity (Wildman–Crippen MR) is 95.7 cm³/mol. The molecule has 3 rings (SSSR count).